The summed E-state index contributed by atoms with van der Waals surface area (Å²) in [5.74, 6) is -0.534. The zero-order valence-corrected chi connectivity index (χ0v) is 12.9. The maximum atomic E-state index is 11.8. The number of hydrogen-bond acceptors (Lipinski definition) is 4. The van der Waals surface area contributed by atoms with E-state index in [1.54, 1.807) is 30.5 Å². The Morgan fingerprint density at radius 2 is 2.05 bits per heavy atom. The van der Waals surface area contributed by atoms with E-state index in [1.165, 1.54) is 4.68 Å². The van der Waals surface area contributed by atoms with Gasteiger partial charge in [0, 0.05) is 19.0 Å². The number of nitrogens with one attached hydrogen (secondary N) is 1. The van der Waals surface area contributed by atoms with Crippen LogP contribution in [0.3, 0.4) is 0 Å². The quantitative estimate of drug-likeness (QED) is 0.897. The fourth-order valence-corrected chi connectivity index (χ4v) is 2.35. The van der Waals surface area contributed by atoms with Crippen LogP contribution in [-0.2, 0) is 9.84 Å². The van der Waals surface area contributed by atoms with Crippen molar-refractivity contribution in [2.75, 3.05) is 18.6 Å². The van der Waals surface area contributed by atoms with E-state index in [4.69, 9.17) is 11.6 Å². The molecule has 0 aliphatic carbocycles. The predicted octanol–water partition coefficient (Wildman–Crippen LogP) is 1.30. The van der Waals surface area contributed by atoms with E-state index in [0.717, 1.165) is 6.26 Å². The van der Waals surface area contributed by atoms with Crippen molar-refractivity contribution in [3.05, 3.63) is 47.2 Å². The molecule has 21 heavy (non-hydrogen) atoms. The zero-order chi connectivity index (χ0) is 15.5. The Kier molecular flexibility index (Phi) is 4.64. The summed E-state index contributed by atoms with van der Waals surface area (Å²) < 4.78 is 23.5. The summed E-state index contributed by atoms with van der Waals surface area (Å²) in [7, 11) is -3.10. The molecule has 0 saturated carbocycles. The molecule has 0 saturated heterocycles. The Morgan fingerprint density at radius 1 is 1.33 bits per heavy atom. The van der Waals surface area contributed by atoms with E-state index < -0.39 is 15.7 Å². The second-order valence-corrected chi connectivity index (χ2v) is 7.15. The van der Waals surface area contributed by atoms with E-state index >= 15 is 0 Å². The molecule has 0 radical (unpaired) electrons. The minimum absolute atomic E-state index is 0.0522. The van der Waals surface area contributed by atoms with Crippen molar-refractivity contribution in [2.45, 2.75) is 0 Å². The van der Waals surface area contributed by atoms with Crippen molar-refractivity contribution in [3.8, 4) is 5.69 Å². The van der Waals surface area contributed by atoms with Gasteiger partial charge in [0.25, 0.3) is 5.91 Å². The zero-order valence-electron chi connectivity index (χ0n) is 11.3. The van der Waals surface area contributed by atoms with Gasteiger partial charge in [-0.15, -0.1) is 0 Å². The lowest BCUT2D eigenvalue weighted by molar-refractivity contribution is 0.0950. The molecule has 2 rings (SSSR count). The number of aromatic nitrogens is 2. The van der Waals surface area contributed by atoms with Crippen LogP contribution in [0.5, 0.6) is 0 Å². The number of halogens is 1. The van der Waals surface area contributed by atoms with Crippen LogP contribution in [0.2, 0.25) is 5.02 Å². The molecule has 1 amide bonds. The number of para-hydroxylation sites is 1. The fourth-order valence-electron chi connectivity index (χ4n) is 1.66. The van der Waals surface area contributed by atoms with Crippen LogP contribution in [0, 0.1) is 0 Å². The summed E-state index contributed by atoms with van der Waals surface area (Å²) in [5, 5.41) is 7.15. The van der Waals surface area contributed by atoms with E-state index in [1.807, 2.05) is 6.07 Å². The summed E-state index contributed by atoms with van der Waals surface area (Å²) in [4.78, 5) is 11.8. The molecule has 6 nitrogen and oxygen atoms in total. The minimum Gasteiger partial charge on any atom is -0.350 e. The van der Waals surface area contributed by atoms with Gasteiger partial charge >= 0.3 is 0 Å². The molecular formula is C13H14ClN3O3S. The number of rotatable bonds is 5. The van der Waals surface area contributed by atoms with Crippen LogP contribution in [0.15, 0.2) is 36.5 Å². The van der Waals surface area contributed by atoms with Crippen LogP contribution in [0.1, 0.15) is 10.5 Å². The molecule has 1 aromatic heterocycles. The number of benzene rings is 1. The Bertz CT molecular complexity index is 756. The highest BCUT2D eigenvalue weighted by molar-refractivity contribution is 7.90. The lowest BCUT2D eigenvalue weighted by Crippen LogP contribution is -2.29. The summed E-state index contributed by atoms with van der Waals surface area (Å²) >= 11 is 6.05. The molecule has 0 spiro atoms. The summed E-state index contributed by atoms with van der Waals surface area (Å²) in [5.41, 5.74) is 0.859. The van der Waals surface area contributed by atoms with Crippen molar-refractivity contribution in [3.63, 3.8) is 0 Å². The second-order valence-electron chi connectivity index (χ2n) is 4.48. The van der Waals surface area contributed by atoms with E-state index in [2.05, 4.69) is 10.4 Å². The maximum Gasteiger partial charge on any atom is 0.271 e. The molecule has 0 bridgehead atoms. The predicted molar refractivity (Wildman–Crippen MR) is 80.6 cm³/mol. The van der Waals surface area contributed by atoms with E-state index in [0.29, 0.717) is 10.7 Å². The van der Waals surface area contributed by atoms with Gasteiger partial charge in [-0.3, -0.25) is 4.79 Å². The van der Waals surface area contributed by atoms with Crippen molar-refractivity contribution in [1.82, 2.24) is 15.1 Å². The molecule has 1 N–H and O–H groups in total. The first-order valence-corrected chi connectivity index (χ1v) is 8.57. The van der Waals surface area contributed by atoms with Crippen LogP contribution in [0.25, 0.3) is 5.69 Å². The normalized spacial score (nSPS) is 11.3. The van der Waals surface area contributed by atoms with Crippen molar-refractivity contribution in [2.24, 2.45) is 0 Å². The maximum absolute atomic E-state index is 11.8. The molecule has 112 valence electrons. The van der Waals surface area contributed by atoms with Crippen LogP contribution < -0.4 is 5.32 Å². The van der Waals surface area contributed by atoms with Gasteiger partial charge in [0.2, 0.25) is 0 Å². The Balaban J connectivity index is 2.06. The van der Waals surface area contributed by atoms with E-state index in [-0.39, 0.29) is 18.0 Å². The highest BCUT2D eigenvalue weighted by atomic mass is 35.5. The van der Waals surface area contributed by atoms with Crippen LogP contribution in [-0.4, -0.2) is 42.7 Å². The molecular weight excluding hydrogens is 314 g/mol. The third-order valence-corrected chi connectivity index (χ3v) is 3.94. The molecule has 0 aliphatic rings. The molecule has 0 fully saturated rings. The Morgan fingerprint density at radius 3 is 2.71 bits per heavy atom. The highest BCUT2D eigenvalue weighted by Crippen LogP contribution is 2.18. The molecule has 8 heteroatoms. The number of carbonyl (C=O) groups is 1. The third-order valence-electron chi connectivity index (χ3n) is 2.68. The number of sulfone groups is 1. The lowest BCUT2D eigenvalue weighted by atomic mass is 10.3. The van der Waals surface area contributed by atoms with Gasteiger partial charge < -0.3 is 5.32 Å². The van der Waals surface area contributed by atoms with Crippen molar-refractivity contribution < 1.29 is 13.2 Å². The molecule has 0 aliphatic heterocycles. The minimum atomic E-state index is -3.10. The first-order valence-electron chi connectivity index (χ1n) is 6.13. The Labute approximate surface area is 127 Å². The molecule has 0 unspecified atom stereocenters. The fraction of sp³-hybridized carbons (Fsp3) is 0.231. The van der Waals surface area contributed by atoms with Crippen LogP contribution in [0.4, 0.5) is 0 Å². The SMILES string of the molecule is CS(=O)(=O)CCNC(=O)c1ccn(-c2ccccc2Cl)n1. The van der Waals surface area contributed by atoms with Gasteiger partial charge in [0.05, 0.1) is 16.5 Å². The average molecular weight is 328 g/mol. The highest BCUT2D eigenvalue weighted by Gasteiger charge is 2.12. The van der Waals surface area contributed by atoms with E-state index in [9.17, 15) is 13.2 Å². The average Bonchev–Trinajstić information content (AvgIpc) is 2.87. The standard InChI is InChI=1S/C13H14ClN3O3S/c1-21(19,20)9-7-15-13(18)11-6-8-17(16-11)12-5-3-2-4-10(12)14/h2-6,8H,7,9H2,1H3,(H,15,18). The van der Waals surface area contributed by atoms with Crippen molar-refractivity contribution >= 4 is 27.3 Å². The van der Waals surface area contributed by atoms with Gasteiger partial charge in [-0.2, -0.15) is 5.10 Å². The van der Waals surface area contributed by atoms with Gasteiger partial charge in [-0.1, -0.05) is 23.7 Å². The van der Waals surface area contributed by atoms with Crippen LogP contribution >= 0.6 is 11.6 Å². The van der Waals surface area contributed by atoms with Crippen molar-refractivity contribution in [1.29, 1.82) is 0 Å². The monoisotopic (exact) mass is 327 g/mol. The smallest absolute Gasteiger partial charge is 0.271 e. The topological polar surface area (TPSA) is 81.1 Å². The van der Waals surface area contributed by atoms with Gasteiger partial charge in [0.1, 0.15) is 9.84 Å². The number of carbonyl (C=O) groups excluding carboxylic acids is 1. The number of nitrogens with zero attached hydrogens (tertiary/aromatic N) is 2. The first-order chi connectivity index (χ1) is 9.87. The first kappa shape index (κ1) is 15.5. The summed E-state index contributed by atoms with van der Waals surface area (Å²) in [6.07, 6.45) is 2.73. The number of hydrogen-bond donors (Lipinski definition) is 1. The summed E-state index contributed by atoms with van der Waals surface area (Å²) in [6.45, 7) is 0.0522. The molecule has 2 aromatic rings. The number of amides is 1. The van der Waals surface area contributed by atoms with Gasteiger partial charge in [-0.05, 0) is 18.2 Å². The lowest BCUT2D eigenvalue weighted by Gasteiger charge is -2.04. The summed E-state index contributed by atoms with van der Waals surface area (Å²) in [6, 6.07) is 8.66. The Hall–Kier alpha value is -1.86. The molecule has 1 heterocycles. The third kappa shape index (κ3) is 4.30. The second kappa shape index (κ2) is 6.28. The largest absolute Gasteiger partial charge is 0.350 e. The molecule has 0 atom stereocenters. The van der Waals surface area contributed by atoms with Gasteiger partial charge in [-0.25, -0.2) is 13.1 Å². The molecule has 1 aromatic carbocycles. The van der Waals surface area contributed by atoms with Gasteiger partial charge in [0.15, 0.2) is 5.69 Å².